The molecule has 0 aliphatic rings. The summed E-state index contributed by atoms with van der Waals surface area (Å²) in [7, 11) is -3.67. The van der Waals surface area contributed by atoms with Crippen molar-refractivity contribution in [2.75, 3.05) is 4.72 Å². The Morgan fingerprint density at radius 3 is 2.14 bits per heavy atom. The van der Waals surface area contributed by atoms with E-state index >= 15 is 0 Å². The van der Waals surface area contributed by atoms with Crippen LogP contribution in [0.4, 0.5) is 5.95 Å². The fourth-order valence-electron chi connectivity index (χ4n) is 2.16. The highest BCUT2D eigenvalue weighted by atomic mass is 32.2. The molecule has 0 aliphatic carbocycles. The summed E-state index contributed by atoms with van der Waals surface area (Å²) in [5, 5.41) is 0. The molecule has 0 fully saturated rings. The van der Waals surface area contributed by atoms with E-state index in [1.54, 1.807) is 32.0 Å². The number of rotatable bonds is 5. The molecule has 1 N–H and O–H groups in total. The van der Waals surface area contributed by atoms with Crippen LogP contribution < -0.4 is 4.72 Å². The lowest BCUT2D eigenvalue weighted by Crippen LogP contribution is -2.15. The maximum Gasteiger partial charge on any atom is 0.264 e. The maximum atomic E-state index is 12.4. The highest BCUT2D eigenvalue weighted by Gasteiger charge is 2.16. The molecule has 6 heteroatoms. The summed E-state index contributed by atoms with van der Waals surface area (Å²) in [6.45, 7) is 7.82. The van der Waals surface area contributed by atoms with E-state index in [1.807, 2.05) is 12.1 Å². The molecule has 118 valence electrons. The van der Waals surface area contributed by atoms with Crippen molar-refractivity contribution in [1.82, 2.24) is 9.97 Å². The van der Waals surface area contributed by atoms with E-state index in [9.17, 15) is 8.42 Å². The molecular weight excluding hydrogens is 298 g/mol. The number of benzene rings is 1. The number of aryl methyl sites for hydroxylation is 2. The zero-order valence-corrected chi connectivity index (χ0v) is 14.1. The third-order valence-electron chi connectivity index (χ3n) is 3.58. The molecule has 2 rings (SSSR count). The highest BCUT2D eigenvalue weighted by molar-refractivity contribution is 7.92. The first-order valence-electron chi connectivity index (χ1n) is 7.27. The van der Waals surface area contributed by atoms with E-state index < -0.39 is 10.0 Å². The molecule has 0 bridgehead atoms. The zero-order valence-electron chi connectivity index (χ0n) is 13.3. The molecule has 22 heavy (non-hydrogen) atoms. The smallest absolute Gasteiger partial charge is 0.247 e. The van der Waals surface area contributed by atoms with E-state index in [0.29, 0.717) is 5.92 Å². The molecule has 2 aromatic rings. The Morgan fingerprint density at radius 2 is 1.64 bits per heavy atom. The van der Waals surface area contributed by atoms with Gasteiger partial charge in [-0.2, -0.15) is 0 Å². The van der Waals surface area contributed by atoms with Crippen LogP contribution in [0, 0.1) is 13.8 Å². The largest absolute Gasteiger partial charge is 0.264 e. The maximum absolute atomic E-state index is 12.4. The van der Waals surface area contributed by atoms with Gasteiger partial charge in [-0.05, 0) is 49.9 Å². The van der Waals surface area contributed by atoms with Gasteiger partial charge in [0.2, 0.25) is 5.95 Å². The van der Waals surface area contributed by atoms with Gasteiger partial charge in [-0.25, -0.2) is 23.1 Å². The van der Waals surface area contributed by atoms with E-state index in [4.69, 9.17) is 0 Å². The number of sulfonamides is 1. The Kier molecular flexibility index (Phi) is 4.81. The van der Waals surface area contributed by atoms with E-state index in [1.165, 1.54) is 0 Å². The van der Waals surface area contributed by atoms with Crippen LogP contribution in [-0.4, -0.2) is 18.4 Å². The van der Waals surface area contributed by atoms with Gasteiger partial charge >= 0.3 is 0 Å². The molecule has 0 radical (unpaired) electrons. The van der Waals surface area contributed by atoms with Crippen LogP contribution in [0.15, 0.2) is 35.2 Å². The summed E-state index contributed by atoms with van der Waals surface area (Å²) >= 11 is 0. The van der Waals surface area contributed by atoms with Crippen molar-refractivity contribution in [1.29, 1.82) is 0 Å². The van der Waals surface area contributed by atoms with E-state index in [0.717, 1.165) is 23.4 Å². The third-order valence-corrected chi connectivity index (χ3v) is 4.92. The Balaban J connectivity index is 2.26. The topological polar surface area (TPSA) is 72.0 Å². The quantitative estimate of drug-likeness (QED) is 0.916. The predicted octanol–water partition coefficient (Wildman–Crippen LogP) is 3.41. The first kappa shape index (κ1) is 16.4. The molecule has 1 heterocycles. The highest BCUT2D eigenvalue weighted by Crippen LogP contribution is 2.21. The van der Waals surface area contributed by atoms with Crippen LogP contribution in [0.25, 0.3) is 0 Å². The average Bonchev–Trinajstić information content (AvgIpc) is 2.45. The lowest BCUT2D eigenvalue weighted by molar-refractivity contribution is 0.600. The second-order valence-electron chi connectivity index (χ2n) is 5.46. The number of hydrogen-bond donors (Lipinski definition) is 1. The third kappa shape index (κ3) is 3.82. The minimum absolute atomic E-state index is 0.100. The molecule has 0 aliphatic heterocycles. The van der Waals surface area contributed by atoms with Crippen molar-refractivity contribution in [3.8, 4) is 0 Å². The monoisotopic (exact) mass is 319 g/mol. The van der Waals surface area contributed by atoms with Crippen molar-refractivity contribution in [2.45, 2.75) is 44.9 Å². The first-order valence-corrected chi connectivity index (χ1v) is 8.75. The van der Waals surface area contributed by atoms with Crippen LogP contribution in [0.2, 0.25) is 0 Å². The van der Waals surface area contributed by atoms with Gasteiger partial charge in [-0.3, -0.25) is 0 Å². The Hall–Kier alpha value is -1.95. The number of nitrogens with zero attached hydrogens (tertiary/aromatic N) is 2. The van der Waals surface area contributed by atoms with Crippen LogP contribution in [0.5, 0.6) is 0 Å². The van der Waals surface area contributed by atoms with Gasteiger partial charge < -0.3 is 0 Å². The molecule has 1 unspecified atom stereocenters. The number of hydrogen-bond acceptors (Lipinski definition) is 4. The Bertz CT molecular complexity index is 735. The van der Waals surface area contributed by atoms with Gasteiger partial charge in [0.1, 0.15) is 0 Å². The molecule has 0 saturated heterocycles. The van der Waals surface area contributed by atoms with Gasteiger partial charge in [-0.1, -0.05) is 26.0 Å². The summed E-state index contributed by atoms with van der Waals surface area (Å²) < 4.78 is 27.2. The average molecular weight is 319 g/mol. The lowest BCUT2D eigenvalue weighted by Gasteiger charge is -2.11. The zero-order chi connectivity index (χ0) is 16.3. The van der Waals surface area contributed by atoms with Crippen molar-refractivity contribution < 1.29 is 8.42 Å². The molecular formula is C16H21N3O2S. The summed E-state index contributed by atoms with van der Waals surface area (Å²) in [4.78, 5) is 8.42. The van der Waals surface area contributed by atoms with Gasteiger partial charge in [0.05, 0.1) is 4.90 Å². The van der Waals surface area contributed by atoms with Crippen molar-refractivity contribution in [3.63, 3.8) is 0 Å². The van der Waals surface area contributed by atoms with Crippen LogP contribution in [-0.2, 0) is 10.0 Å². The molecule has 0 saturated carbocycles. The minimum atomic E-state index is -3.67. The van der Waals surface area contributed by atoms with Crippen LogP contribution >= 0.6 is 0 Å². The van der Waals surface area contributed by atoms with Crippen molar-refractivity contribution >= 4 is 16.0 Å². The second kappa shape index (κ2) is 6.44. The molecule has 1 aromatic carbocycles. The van der Waals surface area contributed by atoms with Crippen LogP contribution in [0.1, 0.15) is 43.1 Å². The van der Waals surface area contributed by atoms with E-state index in [2.05, 4.69) is 28.5 Å². The van der Waals surface area contributed by atoms with Gasteiger partial charge in [0, 0.05) is 11.4 Å². The van der Waals surface area contributed by atoms with E-state index in [-0.39, 0.29) is 10.8 Å². The molecule has 1 atom stereocenters. The second-order valence-corrected chi connectivity index (χ2v) is 7.14. The van der Waals surface area contributed by atoms with Crippen LogP contribution in [0.3, 0.4) is 0 Å². The number of aromatic nitrogens is 2. The predicted molar refractivity (Wildman–Crippen MR) is 87.5 cm³/mol. The molecule has 5 nitrogen and oxygen atoms in total. The normalized spacial score (nSPS) is 12.9. The van der Waals surface area contributed by atoms with Crippen molar-refractivity contribution in [3.05, 3.63) is 47.3 Å². The summed E-state index contributed by atoms with van der Waals surface area (Å²) in [5.41, 5.74) is 2.57. The van der Waals surface area contributed by atoms with Gasteiger partial charge in [0.25, 0.3) is 10.0 Å². The molecule has 0 spiro atoms. The van der Waals surface area contributed by atoms with Crippen molar-refractivity contribution in [2.24, 2.45) is 0 Å². The number of anilines is 1. The first-order chi connectivity index (χ1) is 10.3. The Labute approximate surface area is 131 Å². The lowest BCUT2D eigenvalue weighted by atomic mass is 9.99. The SMILES string of the molecule is CCC(C)c1ccc(S(=O)(=O)Nc2nc(C)cc(C)n2)cc1. The fourth-order valence-corrected chi connectivity index (χ4v) is 3.11. The van der Waals surface area contributed by atoms with Gasteiger partial charge in [0.15, 0.2) is 0 Å². The van der Waals surface area contributed by atoms with Gasteiger partial charge in [-0.15, -0.1) is 0 Å². The summed E-state index contributed by atoms with van der Waals surface area (Å²) in [6, 6.07) is 8.73. The standard InChI is InChI=1S/C16H21N3O2S/c1-5-11(2)14-6-8-15(9-7-14)22(20,21)19-16-17-12(3)10-13(4)18-16/h6-11H,5H2,1-4H3,(H,17,18,19). The number of nitrogens with one attached hydrogen (secondary N) is 1. The Morgan fingerprint density at radius 1 is 1.09 bits per heavy atom. The minimum Gasteiger partial charge on any atom is -0.247 e. The summed E-state index contributed by atoms with van der Waals surface area (Å²) in [6.07, 6.45) is 1.01. The summed E-state index contributed by atoms with van der Waals surface area (Å²) in [5.74, 6) is 0.510. The molecule has 1 aromatic heterocycles. The fraction of sp³-hybridized carbons (Fsp3) is 0.375. The molecule has 0 amide bonds.